The summed E-state index contributed by atoms with van der Waals surface area (Å²) in [6, 6.07) is 9.75. The van der Waals surface area contributed by atoms with Crippen LogP contribution in [0.25, 0.3) is 11.4 Å². The van der Waals surface area contributed by atoms with Gasteiger partial charge in [-0.05, 0) is 57.2 Å². The van der Waals surface area contributed by atoms with Crippen LogP contribution in [-0.2, 0) is 28.9 Å². The number of nitrogens with zero attached hydrogens (tertiary/aromatic N) is 3. The number of thiophene rings is 1. The summed E-state index contributed by atoms with van der Waals surface area (Å²) in [7, 11) is 1.39. The SMILES string of the molecule is COC(=O)c1c(NC(=O)C2CCN(Cc3nc(-c4ccccc4)no3)CC2)sc2c1CCCC2. The van der Waals surface area contributed by atoms with Crippen LogP contribution in [0.1, 0.15) is 52.4 Å². The number of fused-ring (bicyclic) bond motifs is 1. The summed E-state index contributed by atoms with van der Waals surface area (Å²) in [5.74, 6) is 0.688. The van der Waals surface area contributed by atoms with E-state index in [2.05, 4.69) is 20.4 Å². The van der Waals surface area contributed by atoms with Crippen molar-refractivity contribution in [3.8, 4) is 11.4 Å². The predicted octanol–water partition coefficient (Wildman–Crippen LogP) is 4.31. The van der Waals surface area contributed by atoms with Crippen molar-refractivity contribution in [3.05, 3.63) is 52.2 Å². The Balaban J connectivity index is 1.18. The van der Waals surface area contributed by atoms with Gasteiger partial charge in [-0.3, -0.25) is 9.69 Å². The van der Waals surface area contributed by atoms with E-state index >= 15 is 0 Å². The van der Waals surface area contributed by atoms with Gasteiger partial charge in [-0.2, -0.15) is 4.98 Å². The lowest BCUT2D eigenvalue weighted by Gasteiger charge is -2.30. The number of rotatable bonds is 6. The van der Waals surface area contributed by atoms with E-state index in [4.69, 9.17) is 9.26 Å². The molecule has 0 saturated carbocycles. The molecule has 178 valence electrons. The Kier molecular flexibility index (Phi) is 6.73. The van der Waals surface area contributed by atoms with Gasteiger partial charge < -0.3 is 14.6 Å². The van der Waals surface area contributed by atoms with Crippen molar-refractivity contribution in [2.24, 2.45) is 5.92 Å². The summed E-state index contributed by atoms with van der Waals surface area (Å²) >= 11 is 1.53. The molecule has 1 aliphatic heterocycles. The molecule has 8 nitrogen and oxygen atoms in total. The van der Waals surface area contributed by atoms with Crippen LogP contribution in [0.5, 0.6) is 0 Å². The van der Waals surface area contributed by atoms with E-state index in [0.29, 0.717) is 28.8 Å². The third-order valence-electron chi connectivity index (χ3n) is 6.61. The molecule has 5 rings (SSSR count). The number of esters is 1. The Morgan fingerprint density at radius 1 is 1.18 bits per heavy atom. The number of ether oxygens (including phenoxy) is 1. The molecule has 0 radical (unpaired) electrons. The van der Waals surface area contributed by atoms with Gasteiger partial charge in [0.2, 0.25) is 17.6 Å². The summed E-state index contributed by atoms with van der Waals surface area (Å²) in [5.41, 5.74) is 2.54. The van der Waals surface area contributed by atoms with Crippen molar-refractivity contribution in [2.75, 3.05) is 25.5 Å². The summed E-state index contributed by atoms with van der Waals surface area (Å²) in [6.45, 7) is 2.11. The Bertz CT molecular complexity index is 1170. The molecule has 1 aromatic carbocycles. The molecule has 34 heavy (non-hydrogen) atoms. The first-order valence-corrected chi connectivity index (χ1v) is 12.6. The van der Waals surface area contributed by atoms with Crippen LogP contribution in [0.3, 0.4) is 0 Å². The van der Waals surface area contributed by atoms with Crippen molar-refractivity contribution in [2.45, 2.75) is 45.1 Å². The zero-order valence-electron chi connectivity index (χ0n) is 19.2. The monoisotopic (exact) mass is 480 g/mol. The molecule has 1 amide bonds. The van der Waals surface area contributed by atoms with E-state index in [1.54, 1.807) is 0 Å². The van der Waals surface area contributed by atoms with Gasteiger partial charge in [0.15, 0.2) is 0 Å². The lowest BCUT2D eigenvalue weighted by Crippen LogP contribution is -2.37. The molecule has 9 heteroatoms. The van der Waals surface area contributed by atoms with Crippen LogP contribution in [-0.4, -0.2) is 47.1 Å². The average Bonchev–Trinajstić information content (AvgIpc) is 3.49. The average molecular weight is 481 g/mol. The number of hydrogen-bond acceptors (Lipinski definition) is 8. The normalized spacial score (nSPS) is 16.7. The predicted molar refractivity (Wildman–Crippen MR) is 129 cm³/mol. The molecule has 2 aliphatic rings. The van der Waals surface area contributed by atoms with Crippen LogP contribution in [0, 0.1) is 5.92 Å². The topological polar surface area (TPSA) is 97.6 Å². The van der Waals surface area contributed by atoms with Crippen molar-refractivity contribution < 1.29 is 18.8 Å². The molecule has 1 fully saturated rings. The lowest BCUT2D eigenvalue weighted by molar-refractivity contribution is -0.121. The second-order valence-corrected chi connectivity index (χ2v) is 9.93. The van der Waals surface area contributed by atoms with Gasteiger partial charge in [-0.1, -0.05) is 35.5 Å². The fourth-order valence-electron chi connectivity index (χ4n) is 4.75. The van der Waals surface area contributed by atoms with Crippen LogP contribution < -0.4 is 5.32 Å². The van der Waals surface area contributed by atoms with E-state index in [9.17, 15) is 9.59 Å². The number of hydrogen-bond donors (Lipinski definition) is 1. The molecule has 0 unspecified atom stereocenters. The third kappa shape index (κ3) is 4.76. The molecule has 1 N–H and O–H groups in total. The van der Waals surface area contributed by atoms with E-state index in [-0.39, 0.29) is 17.8 Å². The lowest BCUT2D eigenvalue weighted by atomic mass is 9.94. The Morgan fingerprint density at radius 2 is 1.94 bits per heavy atom. The molecule has 1 saturated heterocycles. The minimum Gasteiger partial charge on any atom is -0.465 e. The number of amides is 1. The highest BCUT2D eigenvalue weighted by molar-refractivity contribution is 7.17. The molecule has 1 aliphatic carbocycles. The van der Waals surface area contributed by atoms with E-state index < -0.39 is 0 Å². The second kappa shape index (κ2) is 10.1. The molecule has 0 atom stereocenters. The highest BCUT2D eigenvalue weighted by atomic mass is 32.1. The number of aryl methyl sites for hydroxylation is 1. The standard InChI is InChI=1S/C25H28N4O4S/c1-32-25(31)21-18-9-5-6-10-19(18)34-24(21)27-23(30)17-11-13-29(14-12-17)15-20-26-22(28-33-20)16-7-3-2-4-8-16/h2-4,7-8,17H,5-6,9-15H2,1H3,(H,27,30). The van der Waals surface area contributed by atoms with Crippen molar-refractivity contribution >= 4 is 28.2 Å². The van der Waals surface area contributed by atoms with Crippen molar-refractivity contribution in [3.63, 3.8) is 0 Å². The zero-order chi connectivity index (χ0) is 23.5. The van der Waals surface area contributed by atoms with Gasteiger partial charge in [-0.15, -0.1) is 11.3 Å². The van der Waals surface area contributed by atoms with Crippen molar-refractivity contribution in [1.29, 1.82) is 0 Å². The Hall–Kier alpha value is -3.04. The smallest absolute Gasteiger partial charge is 0.341 e. The second-order valence-electron chi connectivity index (χ2n) is 8.82. The maximum Gasteiger partial charge on any atom is 0.341 e. The summed E-state index contributed by atoms with van der Waals surface area (Å²) in [4.78, 5) is 33.4. The Morgan fingerprint density at radius 3 is 2.71 bits per heavy atom. The number of likely N-dealkylation sites (tertiary alicyclic amines) is 1. The fraction of sp³-hybridized carbons (Fsp3) is 0.440. The number of carbonyl (C=O) groups is 2. The molecule has 3 heterocycles. The minimum atomic E-state index is -0.362. The molecular formula is C25H28N4O4S. The number of piperidine rings is 1. The zero-order valence-corrected chi connectivity index (χ0v) is 20.0. The summed E-state index contributed by atoms with van der Waals surface area (Å²) < 4.78 is 10.5. The van der Waals surface area contributed by atoms with Crippen LogP contribution >= 0.6 is 11.3 Å². The Labute approximate surface area is 202 Å². The number of nitrogens with one attached hydrogen (secondary N) is 1. The van der Waals surface area contributed by atoms with Gasteiger partial charge in [0.05, 0.1) is 19.2 Å². The number of methoxy groups -OCH3 is 1. The molecule has 0 bridgehead atoms. The maximum absolute atomic E-state index is 13.1. The van der Waals surface area contributed by atoms with E-state index in [0.717, 1.165) is 62.7 Å². The number of anilines is 1. The molecule has 2 aromatic heterocycles. The first-order chi connectivity index (χ1) is 16.6. The van der Waals surface area contributed by atoms with Crippen LogP contribution in [0.15, 0.2) is 34.9 Å². The maximum atomic E-state index is 13.1. The highest BCUT2D eigenvalue weighted by Crippen LogP contribution is 2.39. The highest BCUT2D eigenvalue weighted by Gasteiger charge is 2.30. The minimum absolute atomic E-state index is 0.0208. The first kappa shape index (κ1) is 22.7. The quantitative estimate of drug-likeness (QED) is 0.525. The van der Waals surface area contributed by atoms with Gasteiger partial charge in [0.1, 0.15) is 5.00 Å². The van der Waals surface area contributed by atoms with E-state index in [1.165, 1.54) is 23.3 Å². The largest absolute Gasteiger partial charge is 0.465 e. The first-order valence-electron chi connectivity index (χ1n) is 11.8. The van der Waals surface area contributed by atoms with Crippen LogP contribution in [0.2, 0.25) is 0 Å². The summed E-state index contributed by atoms with van der Waals surface area (Å²) in [5, 5.41) is 7.79. The van der Waals surface area contributed by atoms with Gasteiger partial charge >= 0.3 is 5.97 Å². The molecule has 0 spiro atoms. The third-order valence-corrected chi connectivity index (χ3v) is 7.82. The number of benzene rings is 1. The molecular weight excluding hydrogens is 452 g/mol. The summed E-state index contributed by atoms with van der Waals surface area (Å²) in [6.07, 6.45) is 5.49. The van der Waals surface area contributed by atoms with E-state index in [1.807, 2.05) is 30.3 Å². The van der Waals surface area contributed by atoms with Crippen molar-refractivity contribution in [1.82, 2.24) is 15.0 Å². The van der Waals surface area contributed by atoms with Crippen LogP contribution in [0.4, 0.5) is 5.00 Å². The fourth-order valence-corrected chi connectivity index (χ4v) is 6.03. The number of aromatic nitrogens is 2. The molecule has 3 aromatic rings. The number of carbonyl (C=O) groups excluding carboxylic acids is 2. The van der Waals surface area contributed by atoms with Gasteiger partial charge in [-0.25, -0.2) is 4.79 Å². The van der Waals surface area contributed by atoms with Gasteiger partial charge in [0, 0.05) is 16.4 Å². The van der Waals surface area contributed by atoms with Gasteiger partial charge in [0.25, 0.3) is 0 Å².